The van der Waals surface area contributed by atoms with E-state index in [1.807, 2.05) is 44.2 Å². The second-order valence-electron chi connectivity index (χ2n) is 5.63. The number of rotatable bonds is 5. The number of carbonyl (C=O) groups excluding carboxylic acids is 2. The maximum atomic E-state index is 12.6. The van der Waals surface area contributed by atoms with Gasteiger partial charge in [-0.1, -0.05) is 66.8 Å². The number of amides is 2. The molecule has 2 amide bonds. The molecule has 0 radical (unpaired) electrons. The first-order valence-corrected chi connectivity index (χ1v) is 8.66. The lowest BCUT2D eigenvalue weighted by molar-refractivity contribution is -0.133. The van der Waals surface area contributed by atoms with E-state index in [-0.39, 0.29) is 30.4 Å². The second-order valence-corrected chi connectivity index (χ2v) is 6.51. The third-order valence-corrected chi connectivity index (χ3v) is 4.75. The van der Waals surface area contributed by atoms with Crippen molar-refractivity contribution in [1.29, 1.82) is 0 Å². The van der Waals surface area contributed by atoms with Crippen LogP contribution in [0, 0.1) is 11.8 Å². The van der Waals surface area contributed by atoms with E-state index in [9.17, 15) is 9.59 Å². The summed E-state index contributed by atoms with van der Waals surface area (Å²) in [5, 5.41) is 0. The SMILES string of the molecule is CC(C)C(CI)C(=O)N1C(=O)OCC1Cc1ccccc1. The van der Waals surface area contributed by atoms with E-state index in [0.29, 0.717) is 10.8 Å². The Morgan fingerprint density at radius 2 is 2.05 bits per heavy atom. The molecule has 114 valence electrons. The Kier molecular flexibility index (Phi) is 5.61. The van der Waals surface area contributed by atoms with Gasteiger partial charge in [0.1, 0.15) is 6.61 Å². The third kappa shape index (κ3) is 3.75. The Labute approximate surface area is 139 Å². The van der Waals surface area contributed by atoms with Crippen molar-refractivity contribution in [2.75, 3.05) is 11.0 Å². The van der Waals surface area contributed by atoms with Crippen molar-refractivity contribution >= 4 is 34.6 Å². The fourth-order valence-electron chi connectivity index (χ4n) is 2.47. The molecule has 2 unspecified atom stereocenters. The molecule has 1 heterocycles. The molecule has 5 heteroatoms. The van der Waals surface area contributed by atoms with E-state index >= 15 is 0 Å². The van der Waals surface area contributed by atoms with E-state index in [1.54, 1.807) is 0 Å². The first-order valence-electron chi connectivity index (χ1n) is 7.14. The zero-order valence-corrected chi connectivity index (χ0v) is 14.4. The molecule has 0 bridgehead atoms. The van der Waals surface area contributed by atoms with Crippen LogP contribution in [-0.4, -0.2) is 34.0 Å². The lowest BCUT2D eigenvalue weighted by Gasteiger charge is -2.25. The minimum absolute atomic E-state index is 0.108. The van der Waals surface area contributed by atoms with Crippen molar-refractivity contribution in [3.05, 3.63) is 35.9 Å². The predicted octanol–water partition coefficient (Wildman–Crippen LogP) is 3.28. The summed E-state index contributed by atoms with van der Waals surface area (Å²) in [6.07, 6.45) is 0.140. The van der Waals surface area contributed by atoms with Crippen LogP contribution in [0.3, 0.4) is 0 Å². The minimum atomic E-state index is -0.503. The van der Waals surface area contributed by atoms with Crippen molar-refractivity contribution < 1.29 is 14.3 Å². The molecule has 1 aliphatic rings. The van der Waals surface area contributed by atoms with Gasteiger partial charge in [0, 0.05) is 10.3 Å². The summed E-state index contributed by atoms with van der Waals surface area (Å²) in [7, 11) is 0. The molecule has 0 N–H and O–H groups in total. The molecule has 0 aliphatic carbocycles. The standard InChI is InChI=1S/C16H20INO3/c1-11(2)14(9-17)15(19)18-13(10-21-16(18)20)8-12-6-4-3-5-7-12/h3-7,11,13-14H,8-10H2,1-2H3. The first-order chi connectivity index (χ1) is 10.0. The molecule has 4 nitrogen and oxygen atoms in total. The van der Waals surface area contributed by atoms with Gasteiger partial charge in [0.05, 0.1) is 6.04 Å². The quantitative estimate of drug-likeness (QED) is 0.562. The highest BCUT2D eigenvalue weighted by atomic mass is 127. The number of carbonyl (C=O) groups is 2. The number of alkyl halides is 1. The highest BCUT2D eigenvalue weighted by molar-refractivity contribution is 14.1. The number of nitrogens with zero attached hydrogens (tertiary/aromatic N) is 1. The van der Waals surface area contributed by atoms with Crippen molar-refractivity contribution in [2.24, 2.45) is 11.8 Å². The second kappa shape index (κ2) is 7.24. The minimum Gasteiger partial charge on any atom is -0.447 e. The normalized spacial score (nSPS) is 19.7. The topological polar surface area (TPSA) is 46.6 Å². The lowest BCUT2D eigenvalue weighted by Crippen LogP contribution is -2.45. The molecule has 2 atom stereocenters. The Morgan fingerprint density at radius 3 is 2.62 bits per heavy atom. The van der Waals surface area contributed by atoms with E-state index < -0.39 is 6.09 Å². The van der Waals surface area contributed by atoms with Gasteiger partial charge in [-0.2, -0.15) is 0 Å². The van der Waals surface area contributed by atoms with Gasteiger partial charge < -0.3 is 4.74 Å². The number of ether oxygens (including phenoxy) is 1. The van der Waals surface area contributed by atoms with Gasteiger partial charge in [0.2, 0.25) is 5.91 Å². The molecular weight excluding hydrogens is 381 g/mol. The van der Waals surface area contributed by atoms with Crippen molar-refractivity contribution in [3.8, 4) is 0 Å². The number of imide groups is 1. The zero-order chi connectivity index (χ0) is 15.4. The van der Waals surface area contributed by atoms with Gasteiger partial charge in [0.15, 0.2) is 0 Å². The molecule has 1 fully saturated rings. The first kappa shape index (κ1) is 16.3. The van der Waals surface area contributed by atoms with Crippen LogP contribution in [-0.2, 0) is 16.0 Å². The average molecular weight is 401 g/mol. The van der Waals surface area contributed by atoms with Gasteiger partial charge in [-0.05, 0) is 17.9 Å². The van der Waals surface area contributed by atoms with Gasteiger partial charge in [0.25, 0.3) is 0 Å². The van der Waals surface area contributed by atoms with Crippen LogP contribution in [0.2, 0.25) is 0 Å². The number of benzene rings is 1. The smallest absolute Gasteiger partial charge is 0.416 e. The zero-order valence-electron chi connectivity index (χ0n) is 12.3. The molecule has 0 spiro atoms. The van der Waals surface area contributed by atoms with Crippen LogP contribution in [0.4, 0.5) is 4.79 Å². The van der Waals surface area contributed by atoms with Crippen molar-refractivity contribution in [1.82, 2.24) is 4.90 Å². The van der Waals surface area contributed by atoms with E-state index in [2.05, 4.69) is 22.6 Å². The monoisotopic (exact) mass is 401 g/mol. The molecule has 1 aromatic carbocycles. The van der Waals surface area contributed by atoms with Gasteiger partial charge in [-0.25, -0.2) is 9.69 Å². The van der Waals surface area contributed by atoms with E-state index in [1.165, 1.54) is 4.90 Å². The summed E-state index contributed by atoms with van der Waals surface area (Å²) >= 11 is 2.20. The lowest BCUT2D eigenvalue weighted by atomic mass is 9.95. The van der Waals surface area contributed by atoms with Crippen LogP contribution < -0.4 is 0 Å². The molecule has 0 aromatic heterocycles. The van der Waals surface area contributed by atoms with Crippen molar-refractivity contribution in [3.63, 3.8) is 0 Å². The fourth-order valence-corrected chi connectivity index (χ4v) is 3.87. The van der Waals surface area contributed by atoms with Crippen LogP contribution in [0.1, 0.15) is 19.4 Å². The largest absolute Gasteiger partial charge is 0.447 e. The Morgan fingerprint density at radius 1 is 1.38 bits per heavy atom. The Hall–Kier alpha value is -1.11. The fraction of sp³-hybridized carbons (Fsp3) is 0.500. The molecule has 0 saturated carbocycles. The van der Waals surface area contributed by atoms with Crippen LogP contribution >= 0.6 is 22.6 Å². The predicted molar refractivity (Wildman–Crippen MR) is 89.3 cm³/mol. The summed E-state index contributed by atoms with van der Waals surface area (Å²) in [6.45, 7) is 4.30. The van der Waals surface area contributed by atoms with Crippen LogP contribution in [0.25, 0.3) is 0 Å². The third-order valence-electron chi connectivity index (χ3n) is 3.80. The number of halogens is 1. The van der Waals surface area contributed by atoms with Crippen molar-refractivity contribution in [2.45, 2.75) is 26.3 Å². The summed E-state index contributed by atoms with van der Waals surface area (Å²) < 4.78 is 5.81. The maximum absolute atomic E-state index is 12.6. The highest BCUT2D eigenvalue weighted by Crippen LogP contribution is 2.24. The summed E-state index contributed by atoms with van der Waals surface area (Å²) in [5.41, 5.74) is 1.11. The Bertz CT molecular complexity index is 504. The molecule has 1 aliphatic heterocycles. The number of hydrogen-bond donors (Lipinski definition) is 0. The van der Waals surface area contributed by atoms with Gasteiger partial charge in [-0.15, -0.1) is 0 Å². The maximum Gasteiger partial charge on any atom is 0.416 e. The number of hydrogen-bond acceptors (Lipinski definition) is 3. The number of cyclic esters (lactones) is 1. The molecule has 1 aromatic rings. The average Bonchev–Trinajstić information content (AvgIpc) is 2.81. The molecule has 1 saturated heterocycles. The highest BCUT2D eigenvalue weighted by Gasteiger charge is 2.41. The van der Waals surface area contributed by atoms with Crippen LogP contribution in [0.5, 0.6) is 0 Å². The van der Waals surface area contributed by atoms with Gasteiger partial charge in [-0.3, -0.25) is 4.79 Å². The van der Waals surface area contributed by atoms with E-state index in [4.69, 9.17) is 4.74 Å². The molecule has 21 heavy (non-hydrogen) atoms. The Balaban J connectivity index is 2.15. The van der Waals surface area contributed by atoms with Crippen LogP contribution in [0.15, 0.2) is 30.3 Å². The molecular formula is C16H20INO3. The van der Waals surface area contributed by atoms with E-state index in [0.717, 1.165) is 5.56 Å². The summed E-state index contributed by atoms with van der Waals surface area (Å²) in [5.74, 6) is -0.0440. The summed E-state index contributed by atoms with van der Waals surface area (Å²) in [6, 6.07) is 9.68. The molecule has 2 rings (SSSR count). The van der Waals surface area contributed by atoms with Gasteiger partial charge >= 0.3 is 6.09 Å². The summed E-state index contributed by atoms with van der Waals surface area (Å²) in [4.78, 5) is 25.9.